The molecule has 2 rings (SSSR count). The van der Waals surface area contributed by atoms with Crippen LogP contribution in [0.5, 0.6) is 0 Å². The van der Waals surface area contributed by atoms with Gasteiger partial charge >= 0.3 is 0 Å². The third-order valence-electron chi connectivity index (χ3n) is 5.01. The van der Waals surface area contributed by atoms with E-state index >= 15 is 0 Å². The van der Waals surface area contributed by atoms with Crippen LogP contribution in [0.2, 0.25) is 0 Å². The van der Waals surface area contributed by atoms with Gasteiger partial charge in [-0.25, -0.2) is 0 Å². The number of aliphatic imine (C=N–C) groups is 1. The number of nitrogens with one attached hydrogen (secondary N) is 2. The Balaban J connectivity index is 1.64. The van der Waals surface area contributed by atoms with Gasteiger partial charge in [0.1, 0.15) is 0 Å². The molecule has 0 radical (unpaired) electrons. The van der Waals surface area contributed by atoms with Crippen LogP contribution in [-0.2, 0) is 0 Å². The summed E-state index contributed by atoms with van der Waals surface area (Å²) in [4.78, 5) is 9.48. The van der Waals surface area contributed by atoms with Crippen LogP contribution in [0.25, 0.3) is 0 Å². The van der Waals surface area contributed by atoms with E-state index in [0.717, 1.165) is 25.6 Å². The zero-order valence-corrected chi connectivity index (χ0v) is 17.1. The molecule has 0 aromatic carbocycles. The first kappa shape index (κ1) is 20.2. The Bertz CT molecular complexity index is 494. The molecule has 0 bridgehead atoms. The summed E-state index contributed by atoms with van der Waals surface area (Å²) in [7, 11) is 1.85. The average Bonchev–Trinajstić information content (AvgIpc) is 3.17. The van der Waals surface area contributed by atoms with Crippen molar-refractivity contribution in [2.75, 3.05) is 59.4 Å². The van der Waals surface area contributed by atoms with Gasteiger partial charge in [-0.1, -0.05) is 20.8 Å². The minimum Gasteiger partial charge on any atom is -0.356 e. The molecule has 2 N–H and O–H groups in total. The molecule has 0 amide bonds. The monoisotopic (exact) mass is 365 g/mol. The van der Waals surface area contributed by atoms with Crippen LogP contribution in [-0.4, -0.2) is 75.2 Å². The molecule has 1 fully saturated rings. The molecule has 142 valence electrons. The lowest BCUT2D eigenvalue weighted by atomic mass is 10.1. The van der Waals surface area contributed by atoms with Crippen LogP contribution in [0.15, 0.2) is 21.8 Å². The van der Waals surface area contributed by atoms with Crippen molar-refractivity contribution in [3.63, 3.8) is 0 Å². The maximum atomic E-state index is 4.36. The summed E-state index contributed by atoms with van der Waals surface area (Å²) in [6.45, 7) is 15.8. The number of hydrogen-bond donors (Lipinski definition) is 2. The molecule has 25 heavy (non-hydrogen) atoms. The van der Waals surface area contributed by atoms with Crippen LogP contribution < -0.4 is 10.6 Å². The lowest BCUT2D eigenvalue weighted by molar-refractivity contribution is 0.124. The molecule has 0 aliphatic carbocycles. The molecular weight excluding hydrogens is 330 g/mol. The first-order chi connectivity index (χ1) is 12.1. The van der Waals surface area contributed by atoms with Crippen molar-refractivity contribution < 1.29 is 0 Å². The normalized spacial score (nSPS) is 19.6. The number of likely N-dealkylation sites (N-methyl/N-ethyl adjacent to an activating group) is 1. The van der Waals surface area contributed by atoms with Crippen molar-refractivity contribution in [3.05, 3.63) is 22.4 Å². The Morgan fingerprint density at radius 3 is 2.44 bits per heavy atom. The van der Waals surface area contributed by atoms with Crippen LogP contribution >= 0.6 is 11.3 Å². The van der Waals surface area contributed by atoms with E-state index in [4.69, 9.17) is 0 Å². The number of nitrogens with zero attached hydrogens (tertiary/aromatic N) is 3. The Kier molecular flexibility index (Phi) is 8.72. The number of thiophene rings is 1. The summed E-state index contributed by atoms with van der Waals surface area (Å²) >= 11 is 1.76. The molecule has 1 aromatic rings. The number of piperazine rings is 1. The van der Waals surface area contributed by atoms with Gasteiger partial charge in [0, 0.05) is 52.9 Å². The lowest BCUT2D eigenvalue weighted by Gasteiger charge is -2.35. The summed E-state index contributed by atoms with van der Waals surface area (Å²) in [6.07, 6.45) is 0. The van der Waals surface area contributed by atoms with Crippen molar-refractivity contribution in [1.82, 2.24) is 20.4 Å². The first-order valence-electron chi connectivity index (χ1n) is 9.53. The van der Waals surface area contributed by atoms with Gasteiger partial charge in [-0.2, -0.15) is 11.3 Å². The number of rotatable bonds is 8. The Morgan fingerprint density at radius 1 is 1.16 bits per heavy atom. The van der Waals surface area contributed by atoms with Crippen LogP contribution in [0.3, 0.4) is 0 Å². The zero-order chi connectivity index (χ0) is 18.1. The first-order valence-corrected chi connectivity index (χ1v) is 10.5. The molecule has 1 aliphatic heterocycles. The van der Waals surface area contributed by atoms with Crippen molar-refractivity contribution >= 4 is 17.3 Å². The molecule has 2 atom stereocenters. The quantitative estimate of drug-likeness (QED) is 0.548. The van der Waals surface area contributed by atoms with Crippen molar-refractivity contribution in [2.24, 2.45) is 10.9 Å². The van der Waals surface area contributed by atoms with Crippen molar-refractivity contribution in [1.29, 1.82) is 0 Å². The van der Waals surface area contributed by atoms with Gasteiger partial charge in [0.15, 0.2) is 5.96 Å². The summed E-state index contributed by atoms with van der Waals surface area (Å²) in [6, 6.07) is 2.20. The van der Waals surface area contributed by atoms with Gasteiger partial charge < -0.3 is 20.4 Å². The summed E-state index contributed by atoms with van der Waals surface area (Å²) < 4.78 is 0. The van der Waals surface area contributed by atoms with Crippen LogP contribution in [0.4, 0.5) is 0 Å². The third-order valence-corrected chi connectivity index (χ3v) is 5.71. The molecule has 5 nitrogen and oxygen atoms in total. The highest BCUT2D eigenvalue weighted by molar-refractivity contribution is 7.07. The lowest BCUT2D eigenvalue weighted by Crippen LogP contribution is -2.48. The average molecular weight is 366 g/mol. The summed E-state index contributed by atoms with van der Waals surface area (Å²) in [5.74, 6) is 2.02. The maximum Gasteiger partial charge on any atom is 0.191 e. The van der Waals surface area contributed by atoms with E-state index in [-0.39, 0.29) is 0 Å². The van der Waals surface area contributed by atoms with Gasteiger partial charge in [-0.3, -0.25) is 4.99 Å². The molecule has 2 heterocycles. The molecule has 1 aliphatic rings. The maximum absolute atomic E-state index is 4.36. The number of hydrogen-bond acceptors (Lipinski definition) is 4. The highest BCUT2D eigenvalue weighted by Crippen LogP contribution is 2.16. The molecule has 1 aromatic heterocycles. The van der Waals surface area contributed by atoms with Crippen LogP contribution in [0.1, 0.15) is 32.3 Å². The van der Waals surface area contributed by atoms with Gasteiger partial charge in [0.25, 0.3) is 0 Å². The number of guanidine groups is 1. The van der Waals surface area contributed by atoms with Gasteiger partial charge in [-0.15, -0.1) is 0 Å². The fourth-order valence-electron chi connectivity index (χ4n) is 3.21. The minimum atomic E-state index is 0.497. The van der Waals surface area contributed by atoms with Crippen LogP contribution in [0, 0.1) is 5.92 Å². The summed E-state index contributed by atoms with van der Waals surface area (Å²) in [5, 5.41) is 11.3. The second-order valence-corrected chi connectivity index (χ2v) is 7.91. The highest BCUT2D eigenvalue weighted by Gasteiger charge is 2.17. The van der Waals surface area contributed by atoms with Crippen molar-refractivity contribution in [2.45, 2.75) is 26.7 Å². The molecular formula is C19H35N5S. The predicted molar refractivity (Wildman–Crippen MR) is 110 cm³/mol. The van der Waals surface area contributed by atoms with E-state index in [1.165, 1.54) is 38.3 Å². The SMILES string of the molecule is CCN1CCN(CC(C)CNC(=NC)NCC(C)c2ccsc2)CC1. The second-order valence-electron chi connectivity index (χ2n) is 7.13. The highest BCUT2D eigenvalue weighted by atomic mass is 32.1. The Morgan fingerprint density at radius 2 is 1.84 bits per heavy atom. The predicted octanol–water partition coefficient (Wildman–Crippen LogP) is 2.29. The topological polar surface area (TPSA) is 42.9 Å². The molecule has 1 saturated heterocycles. The summed E-state index contributed by atoms with van der Waals surface area (Å²) in [5.41, 5.74) is 1.40. The Labute approximate surface area is 157 Å². The van der Waals surface area contributed by atoms with E-state index in [1.807, 2.05) is 7.05 Å². The fraction of sp³-hybridized carbons (Fsp3) is 0.737. The largest absolute Gasteiger partial charge is 0.356 e. The molecule has 0 spiro atoms. The third kappa shape index (κ3) is 6.96. The van der Waals surface area contributed by atoms with Crippen molar-refractivity contribution in [3.8, 4) is 0 Å². The minimum absolute atomic E-state index is 0.497. The zero-order valence-electron chi connectivity index (χ0n) is 16.3. The van der Waals surface area contributed by atoms with Gasteiger partial charge in [0.2, 0.25) is 0 Å². The fourth-order valence-corrected chi connectivity index (χ4v) is 3.99. The van der Waals surface area contributed by atoms with Gasteiger partial charge in [-0.05, 0) is 40.8 Å². The van der Waals surface area contributed by atoms with E-state index < -0.39 is 0 Å². The molecule has 0 saturated carbocycles. The Hall–Kier alpha value is -1.11. The standard InChI is InChI=1S/C19H35N5S/c1-5-23-7-9-24(10-8-23)14-16(2)12-21-19(20-4)22-13-17(3)18-6-11-25-15-18/h6,11,15-17H,5,7-10,12-14H2,1-4H3,(H2,20,21,22). The van der Waals surface area contributed by atoms with Gasteiger partial charge in [0.05, 0.1) is 0 Å². The second kappa shape index (κ2) is 10.8. The van der Waals surface area contributed by atoms with E-state index in [1.54, 1.807) is 11.3 Å². The molecule has 2 unspecified atom stereocenters. The van der Waals surface area contributed by atoms with E-state index in [9.17, 15) is 0 Å². The smallest absolute Gasteiger partial charge is 0.191 e. The molecule has 6 heteroatoms. The van der Waals surface area contributed by atoms with E-state index in [0.29, 0.717) is 11.8 Å². The van der Waals surface area contributed by atoms with E-state index in [2.05, 4.69) is 63.0 Å².